The zero-order chi connectivity index (χ0) is 12.8. The molecule has 3 heteroatoms. The van der Waals surface area contributed by atoms with Crippen molar-refractivity contribution in [3.05, 3.63) is 0 Å². The fraction of sp³-hybridized carbons (Fsp3) is 0.929. The summed E-state index contributed by atoms with van der Waals surface area (Å²) in [6, 6.07) is 0.0221. The Labute approximate surface area is 106 Å². The van der Waals surface area contributed by atoms with Crippen LogP contribution < -0.4 is 11.1 Å². The van der Waals surface area contributed by atoms with Crippen LogP contribution >= 0.6 is 0 Å². The second-order valence-electron chi connectivity index (χ2n) is 5.80. The fourth-order valence-corrected chi connectivity index (χ4v) is 2.79. The molecule has 3 atom stereocenters. The van der Waals surface area contributed by atoms with E-state index >= 15 is 0 Å². The summed E-state index contributed by atoms with van der Waals surface area (Å²) in [6.07, 6.45) is 6.85. The van der Waals surface area contributed by atoms with Gasteiger partial charge in [0.05, 0.1) is 6.04 Å². The van der Waals surface area contributed by atoms with Crippen LogP contribution in [0.5, 0.6) is 0 Å². The fourth-order valence-electron chi connectivity index (χ4n) is 2.79. The average molecular weight is 240 g/mol. The van der Waals surface area contributed by atoms with Gasteiger partial charge in [0.25, 0.3) is 0 Å². The molecule has 0 radical (unpaired) electrons. The smallest absolute Gasteiger partial charge is 0.237 e. The molecule has 0 heterocycles. The van der Waals surface area contributed by atoms with E-state index in [1.54, 1.807) is 0 Å². The van der Waals surface area contributed by atoms with E-state index in [0.717, 1.165) is 19.3 Å². The molecular weight excluding hydrogens is 212 g/mol. The molecule has 0 aromatic heterocycles. The van der Waals surface area contributed by atoms with Crippen molar-refractivity contribution < 1.29 is 4.79 Å². The third-order valence-corrected chi connectivity index (χ3v) is 3.82. The molecule has 2 unspecified atom stereocenters. The van der Waals surface area contributed by atoms with Crippen LogP contribution in [0.2, 0.25) is 0 Å². The molecule has 3 N–H and O–H groups in total. The Balaban J connectivity index is 2.43. The second-order valence-corrected chi connectivity index (χ2v) is 5.80. The third-order valence-electron chi connectivity index (χ3n) is 3.82. The maximum atomic E-state index is 12.0. The first kappa shape index (κ1) is 14.5. The van der Waals surface area contributed by atoms with Crippen LogP contribution in [0.25, 0.3) is 0 Å². The summed E-state index contributed by atoms with van der Waals surface area (Å²) < 4.78 is 0. The highest BCUT2D eigenvalue weighted by atomic mass is 16.2. The Morgan fingerprint density at radius 3 is 2.59 bits per heavy atom. The highest BCUT2D eigenvalue weighted by Gasteiger charge is 2.26. The van der Waals surface area contributed by atoms with Crippen LogP contribution in [0.1, 0.15) is 59.3 Å². The molecule has 0 aromatic carbocycles. The van der Waals surface area contributed by atoms with Gasteiger partial charge in [0.1, 0.15) is 0 Å². The molecule has 3 nitrogen and oxygen atoms in total. The number of rotatable bonds is 5. The maximum Gasteiger partial charge on any atom is 0.237 e. The summed E-state index contributed by atoms with van der Waals surface area (Å²) in [7, 11) is 0. The Kier molecular flexibility index (Phi) is 5.96. The molecule has 17 heavy (non-hydrogen) atoms. The molecule has 0 bridgehead atoms. The number of carbonyl (C=O) groups excluding carboxylic acids is 1. The molecule has 1 amide bonds. The first-order chi connectivity index (χ1) is 8.04. The van der Waals surface area contributed by atoms with Gasteiger partial charge in [-0.15, -0.1) is 0 Å². The van der Waals surface area contributed by atoms with Gasteiger partial charge in [-0.2, -0.15) is 0 Å². The molecule has 1 saturated carbocycles. The summed E-state index contributed by atoms with van der Waals surface area (Å²) in [5.74, 6) is 1.17. The molecule has 0 aliphatic heterocycles. The van der Waals surface area contributed by atoms with Crippen molar-refractivity contribution in [3.63, 3.8) is 0 Å². The topological polar surface area (TPSA) is 55.1 Å². The maximum absolute atomic E-state index is 12.0. The van der Waals surface area contributed by atoms with E-state index in [2.05, 4.69) is 26.1 Å². The number of carbonyl (C=O) groups is 1. The van der Waals surface area contributed by atoms with Crippen molar-refractivity contribution in [2.24, 2.45) is 17.6 Å². The number of amides is 1. The first-order valence-corrected chi connectivity index (χ1v) is 7.10. The molecule has 1 rings (SSSR count). The molecule has 1 fully saturated rings. The standard InChI is InChI=1S/C14H28N2O/c1-4-11-7-5-6-8-13(11)16-14(17)12(15)9-10(2)3/h10-13H,4-9,15H2,1-3H3,(H,16,17)/t11?,12-,13?/m0/s1. The molecule has 1 aliphatic rings. The van der Waals surface area contributed by atoms with Crippen molar-refractivity contribution >= 4 is 5.91 Å². The van der Waals surface area contributed by atoms with Gasteiger partial charge in [-0.05, 0) is 31.1 Å². The Bertz CT molecular complexity index is 240. The van der Waals surface area contributed by atoms with Crippen LogP contribution in [-0.2, 0) is 4.79 Å². The van der Waals surface area contributed by atoms with Crippen LogP contribution in [0, 0.1) is 11.8 Å². The van der Waals surface area contributed by atoms with E-state index in [4.69, 9.17) is 5.73 Å². The summed E-state index contributed by atoms with van der Waals surface area (Å²) in [5.41, 5.74) is 5.91. The highest BCUT2D eigenvalue weighted by molar-refractivity contribution is 5.81. The Hall–Kier alpha value is -0.570. The number of nitrogens with two attached hydrogens (primary N) is 1. The van der Waals surface area contributed by atoms with Gasteiger partial charge in [-0.1, -0.05) is 40.0 Å². The molecule has 100 valence electrons. The normalized spacial score (nSPS) is 26.9. The Morgan fingerprint density at radius 2 is 2.00 bits per heavy atom. The van der Waals surface area contributed by atoms with Crippen LogP contribution in [0.15, 0.2) is 0 Å². The minimum absolute atomic E-state index is 0.0454. The molecule has 0 aromatic rings. The second kappa shape index (κ2) is 7.00. The Morgan fingerprint density at radius 1 is 1.35 bits per heavy atom. The first-order valence-electron chi connectivity index (χ1n) is 7.10. The quantitative estimate of drug-likeness (QED) is 0.775. The predicted molar refractivity (Wildman–Crippen MR) is 71.6 cm³/mol. The van der Waals surface area contributed by atoms with Crippen molar-refractivity contribution in [3.8, 4) is 0 Å². The largest absolute Gasteiger partial charge is 0.352 e. The number of hydrogen-bond donors (Lipinski definition) is 2. The van der Waals surface area contributed by atoms with E-state index in [0.29, 0.717) is 17.9 Å². The van der Waals surface area contributed by atoms with Crippen LogP contribution in [-0.4, -0.2) is 18.0 Å². The molecule has 0 spiro atoms. The molecule has 1 aliphatic carbocycles. The lowest BCUT2D eigenvalue weighted by molar-refractivity contribution is -0.124. The lowest BCUT2D eigenvalue weighted by atomic mass is 9.82. The zero-order valence-corrected chi connectivity index (χ0v) is 11.5. The summed E-state index contributed by atoms with van der Waals surface area (Å²) in [6.45, 7) is 6.41. The van der Waals surface area contributed by atoms with Gasteiger partial charge in [0.2, 0.25) is 5.91 Å². The average Bonchev–Trinajstić information content (AvgIpc) is 2.28. The van der Waals surface area contributed by atoms with Crippen LogP contribution in [0.3, 0.4) is 0 Å². The summed E-state index contributed by atoms with van der Waals surface area (Å²) in [4.78, 5) is 12.0. The van der Waals surface area contributed by atoms with Gasteiger partial charge in [-0.25, -0.2) is 0 Å². The van der Waals surface area contributed by atoms with Crippen molar-refractivity contribution in [2.45, 2.75) is 71.4 Å². The van der Waals surface area contributed by atoms with E-state index in [-0.39, 0.29) is 11.9 Å². The van der Waals surface area contributed by atoms with Crippen LogP contribution in [0.4, 0.5) is 0 Å². The summed E-state index contributed by atoms with van der Waals surface area (Å²) >= 11 is 0. The monoisotopic (exact) mass is 240 g/mol. The van der Waals surface area contributed by atoms with E-state index in [9.17, 15) is 4.79 Å². The number of nitrogens with one attached hydrogen (secondary N) is 1. The highest BCUT2D eigenvalue weighted by Crippen LogP contribution is 2.26. The molecule has 0 saturated heterocycles. The van der Waals surface area contributed by atoms with Gasteiger partial charge < -0.3 is 11.1 Å². The van der Waals surface area contributed by atoms with Gasteiger partial charge in [-0.3, -0.25) is 4.79 Å². The third kappa shape index (κ3) is 4.66. The zero-order valence-electron chi connectivity index (χ0n) is 11.5. The van der Waals surface area contributed by atoms with Crippen molar-refractivity contribution in [1.29, 1.82) is 0 Å². The van der Waals surface area contributed by atoms with E-state index in [1.165, 1.54) is 19.3 Å². The van der Waals surface area contributed by atoms with Gasteiger partial charge >= 0.3 is 0 Å². The lowest BCUT2D eigenvalue weighted by Gasteiger charge is -2.32. The minimum atomic E-state index is -0.338. The molecular formula is C14H28N2O. The number of hydrogen-bond acceptors (Lipinski definition) is 2. The summed E-state index contributed by atoms with van der Waals surface area (Å²) in [5, 5.41) is 3.16. The van der Waals surface area contributed by atoms with E-state index < -0.39 is 0 Å². The van der Waals surface area contributed by atoms with Crippen molar-refractivity contribution in [1.82, 2.24) is 5.32 Å². The SMILES string of the molecule is CCC1CCCCC1NC(=O)[C@@H](N)CC(C)C. The predicted octanol–water partition coefficient (Wildman–Crippen LogP) is 2.44. The minimum Gasteiger partial charge on any atom is -0.352 e. The lowest BCUT2D eigenvalue weighted by Crippen LogP contribution is -2.49. The van der Waals surface area contributed by atoms with Crippen molar-refractivity contribution in [2.75, 3.05) is 0 Å². The van der Waals surface area contributed by atoms with Gasteiger partial charge in [0, 0.05) is 6.04 Å². The van der Waals surface area contributed by atoms with Gasteiger partial charge in [0.15, 0.2) is 0 Å². The van der Waals surface area contributed by atoms with E-state index in [1.807, 2.05) is 0 Å².